The van der Waals surface area contributed by atoms with Crippen LogP contribution < -0.4 is 5.32 Å². The predicted octanol–water partition coefficient (Wildman–Crippen LogP) is 5.06. The van der Waals surface area contributed by atoms with Gasteiger partial charge in [0.1, 0.15) is 5.82 Å². The molecular formula is C16H13BrClN3. The smallest absolute Gasteiger partial charge is 0.163 e. The summed E-state index contributed by atoms with van der Waals surface area (Å²) in [6.45, 7) is 2.05. The summed E-state index contributed by atoms with van der Waals surface area (Å²) in [5.41, 5.74) is 2.87. The van der Waals surface area contributed by atoms with Gasteiger partial charge in [-0.2, -0.15) is 0 Å². The first-order chi connectivity index (χ1) is 10.1. The van der Waals surface area contributed by atoms with Crippen LogP contribution in [0.4, 0.5) is 5.82 Å². The molecule has 0 aliphatic rings. The molecular weight excluding hydrogens is 350 g/mol. The summed E-state index contributed by atoms with van der Waals surface area (Å²) in [4.78, 5) is 9.27. The van der Waals surface area contributed by atoms with E-state index in [0.717, 1.165) is 32.3 Å². The van der Waals surface area contributed by atoms with E-state index in [9.17, 15) is 0 Å². The highest BCUT2D eigenvalue weighted by molar-refractivity contribution is 9.10. The van der Waals surface area contributed by atoms with Gasteiger partial charge in [0.25, 0.3) is 0 Å². The van der Waals surface area contributed by atoms with Crippen LogP contribution in [-0.4, -0.2) is 17.0 Å². The van der Waals surface area contributed by atoms with Gasteiger partial charge in [0.15, 0.2) is 5.82 Å². The normalized spacial score (nSPS) is 10.9. The first-order valence-electron chi connectivity index (χ1n) is 6.50. The van der Waals surface area contributed by atoms with E-state index in [2.05, 4.69) is 44.2 Å². The number of fused-ring (bicyclic) bond motifs is 1. The zero-order valence-corrected chi connectivity index (χ0v) is 14.0. The minimum Gasteiger partial charge on any atom is -0.373 e. The molecule has 3 rings (SSSR count). The lowest BCUT2D eigenvalue weighted by atomic mass is 10.1. The Bertz CT molecular complexity index is 833. The molecule has 21 heavy (non-hydrogen) atoms. The summed E-state index contributed by atoms with van der Waals surface area (Å²) >= 11 is 9.72. The van der Waals surface area contributed by atoms with Crippen LogP contribution in [-0.2, 0) is 0 Å². The van der Waals surface area contributed by atoms with Crippen molar-refractivity contribution >= 4 is 44.3 Å². The van der Waals surface area contributed by atoms with Crippen LogP contribution in [0.1, 0.15) is 5.56 Å². The van der Waals surface area contributed by atoms with Gasteiger partial charge in [0.05, 0.1) is 10.5 Å². The highest BCUT2D eigenvalue weighted by Gasteiger charge is 2.12. The number of anilines is 1. The van der Waals surface area contributed by atoms with Crippen molar-refractivity contribution in [3.63, 3.8) is 0 Å². The Balaban J connectivity index is 2.29. The highest BCUT2D eigenvalue weighted by atomic mass is 79.9. The second-order valence-electron chi connectivity index (χ2n) is 4.74. The number of nitrogens with zero attached hydrogens (tertiary/aromatic N) is 2. The van der Waals surface area contributed by atoms with Crippen LogP contribution in [0.2, 0.25) is 5.02 Å². The van der Waals surface area contributed by atoms with Crippen LogP contribution in [0.3, 0.4) is 0 Å². The monoisotopic (exact) mass is 361 g/mol. The molecule has 0 bridgehead atoms. The van der Waals surface area contributed by atoms with Gasteiger partial charge in [-0.15, -0.1) is 0 Å². The quantitative estimate of drug-likeness (QED) is 0.692. The van der Waals surface area contributed by atoms with E-state index in [1.165, 1.54) is 0 Å². The summed E-state index contributed by atoms with van der Waals surface area (Å²) in [5, 5.41) is 4.81. The maximum atomic E-state index is 6.31. The molecule has 0 aliphatic heterocycles. The molecule has 3 aromatic rings. The van der Waals surface area contributed by atoms with E-state index in [0.29, 0.717) is 10.8 Å². The summed E-state index contributed by atoms with van der Waals surface area (Å²) in [5.74, 6) is 1.43. The van der Waals surface area contributed by atoms with Crippen molar-refractivity contribution in [3.05, 3.63) is 51.5 Å². The fourth-order valence-corrected chi connectivity index (χ4v) is 3.08. The maximum absolute atomic E-state index is 6.31. The SMILES string of the molecule is CNc1nc(-c2ccc(Br)cc2Cl)nc2cccc(C)c12. The van der Waals surface area contributed by atoms with Crippen LogP contribution in [0, 0.1) is 6.92 Å². The highest BCUT2D eigenvalue weighted by Crippen LogP contribution is 2.32. The molecule has 0 radical (unpaired) electrons. The van der Waals surface area contributed by atoms with Gasteiger partial charge in [-0.3, -0.25) is 0 Å². The molecule has 0 atom stereocenters. The van der Waals surface area contributed by atoms with Gasteiger partial charge >= 0.3 is 0 Å². The average Bonchev–Trinajstić information content (AvgIpc) is 2.46. The fraction of sp³-hybridized carbons (Fsp3) is 0.125. The molecule has 0 saturated carbocycles. The number of hydrogen-bond donors (Lipinski definition) is 1. The Morgan fingerprint density at radius 3 is 2.67 bits per heavy atom. The van der Waals surface area contributed by atoms with Gasteiger partial charge in [0, 0.05) is 22.5 Å². The molecule has 0 spiro atoms. The molecule has 0 fully saturated rings. The van der Waals surface area contributed by atoms with Gasteiger partial charge in [-0.05, 0) is 36.8 Å². The Morgan fingerprint density at radius 1 is 1.14 bits per heavy atom. The van der Waals surface area contributed by atoms with E-state index in [-0.39, 0.29) is 0 Å². The largest absolute Gasteiger partial charge is 0.373 e. The summed E-state index contributed by atoms with van der Waals surface area (Å²) in [6.07, 6.45) is 0. The molecule has 1 heterocycles. The molecule has 3 nitrogen and oxygen atoms in total. The molecule has 106 valence electrons. The Labute approximate surface area is 136 Å². The molecule has 0 saturated heterocycles. The Hall–Kier alpha value is -1.65. The Morgan fingerprint density at radius 2 is 1.95 bits per heavy atom. The number of aromatic nitrogens is 2. The number of rotatable bonds is 2. The van der Waals surface area contributed by atoms with E-state index in [1.807, 2.05) is 37.4 Å². The molecule has 0 aliphatic carbocycles. The molecule has 2 aromatic carbocycles. The molecule has 0 unspecified atom stereocenters. The van der Waals surface area contributed by atoms with Crippen molar-refractivity contribution in [3.8, 4) is 11.4 Å². The molecule has 5 heteroatoms. The lowest BCUT2D eigenvalue weighted by Gasteiger charge is -2.11. The third-order valence-electron chi connectivity index (χ3n) is 3.34. The second-order valence-corrected chi connectivity index (χ2v) is 6.06. The topological polar surface area (TPSA) is 37.8 Å². The van der Waals surface area contributed by atoms with E-state index in [1.54, 1.807) is 0 Å². The van der Waals surface area contributed by atoms with Crippen molar-refractivity contribution in [2.24, 2.45) is 0 Å². The summed E-state index contributed by atoms with van der Waals surface area (Å²) in [6, 6.07) is 11.7. The lowest BCUT2D eigenvalue weighted by molar-refractivity contribution is 1.21. The standard InChI is InChI=1S/C16H13BrClN3/c1-9-4-3-5-13-14(9)16(19-2)21-15(20-13)11-7-6-10(17)8-12(11)18/h3-8H,1-2H3,(H,19,20,21). The Kier molecular flexibility index (Phi) is 3.83. The van der Waals surface area contributed by atoms with Crippen molar-refractivity contribution in [1.82, 2.24) is 9.97 Å². The van der Waals surface area contributed by atoms with Crippen molar-refractivity contribution in [2.75, 3.05) is 12.4 Å². The van der Waals surface area contributed by atoms with E-state index in [4.69, 9.17) is 11.6 Å². The van der Waals surface area contributed by atoms with Gasteiger partial charge in [-0.25, -0.2) is 9.97 Å². The van der Waals surface area contributed by atoms with E-state index >= 15 is 0 Å². The van der Waals surface area contributed by atoms with Crippen LogP contribution in [0.15, 0.2) is 40.9 Å². The number of nitrogens with one attached hydrogen (secondary N) is 1. The average molecular weight is 363 g/mol. The molecule has 1 N–H and O–H groups in total. The van der Waals surface area contributed by atoms with Crippen LogP contribution >= 0.6 is 27.5 Å². The predicted molar refractivity (Wildman–Crippen MR) is 92.0 cm³/mol. The van der Waals surface area contributed by atoms with Crippen molar-refractivity contribution in [2.45, 2.75) is 6.92 Å². The number of hydrogen-bond acceptors (Lipinski definition) is 3. The lowest BCUT2D eigenvalue weighted by Crippen LogP contribution is -2.00. The van der Waals surface area contributed by atoms with Gasteiger partial charge in [0.2, 0.25) is 0 Å². The van der Waals surface area contributed by atoms with Gasteiger partial charge < -0.3 is 5.32 Å². The second kappa shape index (κ2) is 5.62. The number of aryl methyl sites for hydroxylation is 1. The minimum atomic E-state index is 0.620. The van der Waals surface area contributed by atoms with E-state index < -0.39 is 0 Å². The number of benzene rings is 2. The zero-order valence-electron chi connectivity index (χ0n) is 11.6. The summed E-state index contributed by atoms with van der Waals surface area (Å²) in [7, 11) is 1.86. The maximum Gasteiger partial charge on any atom is 0.163 e. The van der Waals surface area contributed by atoms with Gasteiger partial charge in [-0.1, -0.05) is 39.7 Å². The molecule has 1 aromatic heterocycles. The zero-order chi connectivity index (χ0) is 15.0. The first kappa shape index (κ1) is 14.3. The third kappa shape index (κ3) is 2.61. The van der Waals surface area contributed by atoms with Crippen LogP contribution in [0.5, 0.6) is 0 Å². The van der Waals surface area contributed by atoms with Crippen molar-refractivity contribution in [1.29, 1.82) is 0 Å². The fourth-order valence-electron chi connectivity index (χ4n) is 2.33. The number of halogens is 2. The van der Waals surface area contributed by atoms with Crippen molar-refractivity contribution < 1.29 is 0 Å². The van der Waals surface area contributed by atoms with Crippen LogP contribution in [0.25, 0.3) is 22.3 Å². The summed E-state index contributed by atoms with van der Waals surface area (Å²) < 4.78 is 0.932. The molecule has 0 amide bonds. The minimum absolute atomic E-state index is 0.620. The first-order valence-corrected chi connectivity index (χ1v) is 7.68. The third-order valence-corrected chi connectivity index (χ3v) is 4.15.